The van der Waals surface area contributed by atoms with Crippen molar-refractivity contribution in [3.63, 3.8) is 0 Å². The Bertz CT molecular complexity index is 809. The van der Waals surface area contributed by atoms with Crippen molar-refractivity contribution in [3.05, 3.63) is 64.6 Å². The first-order valence-corrected chi connectivity index (χ1v) is 9.89. The molecule has 2 N–H and O–H groups in total. The van der Waals surface area contributed by atoms with Crippen LogP contribution in [0.5, 0.6) is 0 Å². The Morgan fingerprint density at radius 1 is 1.15 bits per heavy atom. The van der Waals surface area contributed by atoms with Crippen LogP contribution >= 0.6 is 27.7 Å². The molecule has 5 nitrogen and oxygen atoms in total. The standard InChI is InChI=1S/C19H18BrN3O2S/c20-14-6-8-15(9-7-14)22-17(24)12-16-18(25)23-19(26-16)21-11-10-13-4-2-1-3-5-13/h1-9,16H,10-12H2,(H,22,24)(H,21,23,25). The van der Waals surface area contributed by atoms with E-state index in [2.05, 4.69) is 43.7 Å². The molecule has 2 aromatic rings. The Kier molecular flexibility index (Phi) is 6.46. The lowest BCUT2D eigenvalue weighted by atomic mass is 10.2. The van der Waals surface area contributed by atoms with Crippen LogP contribution in [0.15, 0.2) is 64.1 Å². The smallest absolute Gasteiger partial charge is 0.240 e. The van der Waals surface area contributed by atoms with Crippen LogP contribution in [0.1, 0.15) is 12.0 Å². The van der Waals surface area contributed by atoms with Crippen LogP contribution in [0, 0.1) is 0 Å². The first-order chi connectivity index (χ1) is 12.6. The van der Waals surface area contributed by atoms with Crippen molar-refractivity contribution in [1.29, 1.82) is 0 Å². The lowest BCUT2D eigenvalue weighted by Gasteiger charge is -2.07. The van der Waals surface area contributed by atoms with Crippen LogP contribution in [-0.4, -0.2) is 28.8 Å². The molecule has 0 aromatic heterocycles. The molecule has 2 amide bonds. The SMILES string of the molecule is O=C(CC1SC(=NCCc2ccccc2)NC1=O)Nc1ccc(Br)cc1. The number of halogens is 1. The van der Waals surface area contributed by atoms with Gasteiger partial charge in [0.2, 0.25) is 11.8 Å². The van der Waals surface area contributed by atoms with Crippen molar-refractivity contribution in [2.75, 3.05) is 11.9 Å². The first kappa shape index (κ1) is 18.7. The molecule has 0 radical (unpaired) electrons. The number of hydrogen-bond acceptors (Lipinski definition) is 4. The van der Waals surface area contributed by atoms with Crippen molar-refractivity contribution in [2.24, 2.45) is 4.99 Å². The minimum Gasteiger partial charge on any atom is -0.326 e. The molecule has 7 heteroatoms. The van der Waals surface area contributed by atoms with Gasteiger partial charge in [-0.3, -0.25) is 14.6 Å². The molecule has 0 aliphatic carbocycles. The van der Waals surface area contributed by atoms with E-state index in [1.54, 1.807) is 12.1 Å². The van der Waals surface area contributed by atoms with Crippen LogP contribution in [0.3, 0.4) is 0 Å². The second-order valence-corrected chi connectivity index (χ2v) is 7.88. The summed E-state index contributed by atoms with van der Waals surface area (Å²) in [4.78, 5) is 28.6. The molecule has 0 spiro atoms. The van der Waals surface area contributed by atoms with E-state index in [-0.39, 0.29) is 18.2 Å². The highest BCUT2D eigenvalue weighted by atomic mass is 79.9. The highest BCUT2D eigenvalue weighted by Gasteiger charge is 2.31. The van der Waals surface area contributed by atoms with E-state index >= 15 is 0 Å². The van der Waals surface area contributed by atoms with Gasteiger partial charge in [0, 0.05) is 23.1 Å². The predicted molar refractivity (Wildman–Crippen MR) is 109 cm³/mol. The van der Waals surface area contributed by atoms with Crippen LogP contribution in [-0.2, 0) is 16.0 Å². The Morgan fingerprint density at radius 2 is 1.88 bits per heavy atom. The molecule has 1 unspecified atom stereocenters. The van der Waals surface area contributed by atoms with Gasteiger partial charge in [0.15, 0.2) is 5.17 Å². The van der Waals surface area contributed by atoms with Crippen molar-refractivity contribution in [3.8, 4) is 0 Å². The van der Waals surface area contributed by atoms with Crippen LogP contribution in [0.4, 0.5) is 5.69 Å². The van der Waals surface area contributed by atoms with E-state index in [9.17, 15) is 9.59 Å². The molecular weight excluding hydrogens is 414 g/mol. The second kappa shape index (κ2) is 9.00. The number of rotatable bonds is 6. The van der Waals surface area contributed by atoms with Crippen molar-refractivity contribution >= 4 is 50.4 Å². The molecular formula is C19H18BrN3O2S. The number of nitrogens with one attached hydrogen (secondary N) is 2. The molecule has 1 aliphatic heterocycles. The minimum atomic E-state index is -0.444. The number of carbonyl (C=O) groups excluding carboxylic acids is 2. The second-order valence-electron chi connectivity index (χ2n) is 5.78. The topological polar surface area (TPSA) is 70.6 Å². The Balaban J connectivity index is 1.48. The van der Waals surface area contributed by atoms with E-state index in [0.717, 1.165) is 10.9 Å². The summed E-state index contributed by atoms with van der Waals surface area (Å²) in [6.45, 7) is 0.602. The van der Waals surface area contributed by atoms with Gasteiger partial charge in [-0.25, -0.2) is 0 Å². The molecule has 1 saturated heterocycles. The molecule has 2 aromatic carbocycles. The van der Waals surface area contributed by atoms with Gasteiger partial charge in [-0.1, -0.05) is 58.0 Å². The van der Waals surface area contributed by atoms with Crippen molar-refractivity contribution in [2.45, 2.75) is 18.1 Å². The molecule has 134 valence electrons. The number of carbonyl (C=O) groups is 2. The van der Waals surface area contributed by atoms with Gasteiger partial charge in [-0.05, 0) is 36.2 Å². The molecule has 1 atom stereocenters. The highest BCUT2D eigenvalue weighted by molar-refractivity contribution is 9.10. The summed E-state index contributed by atoms with van der Waals surface area (Å²) in [5.74, 6) is -0.357. The monoisotopic (exact) mass is 431 g/mol. The third kappa shape index (κ3) is 5.44. The number of hydrogen-bond donors (Lipinski definition) is 2. The van der Waals surface area contributed by atoms with Crippen LogP contribution in [0.25, 0.3) is 0 Å². The zero-order chi connectivity index (χ0) is 18.4. The van der Waals surface area contributed by atoms with Gasteiger partial charge < -0.3 is 10.6 Å². The molecule has 0 saturated carbocycles. The quantitative estimate of drug-likeness (QED) is 0.733. The summed E-state index contributed by atoms with van der Waals surface area (Å²) in [5.41, 5.74) is 1.91. The minimum absolute atomic E-state index is 0.115. The molecule has 26 heavy (non-hydrogen) atoms. The number of thioether (sulfide) groups is 1. The average molecular weight is 432 g/mol. The van der Waals surface area contributed by atoms with Gasteiger partial charge in [-0.2, -0.15) is 0 Å². The first-order valence-electron chi connectivity index (χ1n) is 8.21. The number of aliphatic imine (C=N–C) groups is 1. The molecule has 1 aliphatic rings. The van der Waals surface area contributed by atoms with Gasteiger partial charge in [-0.15, -0.1) is 0 Å². The van der Waals surface area contributed by atoms with E-state index in [1.165, 1.54) is 17.3 Å². The lowest BCUT2D eigenvalue weighted by molar-refractivity contribution is -0.122. The predicted octanol–water partition coefficient (Wildman–Crippen LogP) is 3.61. The summed E-state index contributed by atoms with van der Waals surface area (Å²) in [5, 5.41) is 5.70. The molecule has 1 heterocycles. The van der Waals surface area contributed by atoms with Crippen molar-refractivity contribution < 1.29 is 9.59 Å². The highest BCUT2D eigenvalue weighted by Crippen LogP contribution is 2.23. The number of anilines is 1. The van der Waals surface area contributed by atoms with Crippen LogP contribution in [0.2, 0.25) is 0 Å². The van der Waals surface area contributed by atoms with Gasteiger partial charge in [0.25, 0.3) is 0 Å². The van der Waals surface area contributed by atoms with Gasteiger partial charge >= 0.3 is 0 Å². The number of nitrogens with zero attached hydrogens (tertiary/aromatic N) is 1. The average Bonchev–Trinajstić information content (AvgIpc) is 2.97. The molecule has 1 fully saturated rings. The summed E-state index contributed by atoms with van der Waals surface area (Å²) in [6.07, 6.45) is 0.930. The fourth-order valence-electron chi connectivity index (χ4n) is 2.46. The third-order valence-electron chi connectivity index (χ3n) is 3.77. The van der Waals surface area contributed by atoms with Gasteiger partial charge in [0.05, 0.1) is 0 Å². The number of amidine groups is 1. The Labute approximate surface area is 164 Å². The summed E-state index contributed by atoms with van der Waals surface area (Å²) in [7, 11) is 0. The maximum absolute atomic E-state index is 12.1. The zero-order valence-corrected chi connectivity index (χ0v) is 16.3. The van der Waals surface area contributed by atoms with Gasteiger partial charge in [0.1, 0.15) is 5.25 Å². The summed E-state index contributed by atoms with van der Waals surface area (Å²) in [6, 6.07) is 17.4. The Morgan fingerprint density at radius 3 is 2.62 bits per heavy atom. The van der Waals surface area contributed by atoms with E-state index in [4.69, 9.17) is 0 Å². The molecule has 3 rings (SSSR count). The maximum Gasteiger partial charge on any atom is 0.240 e. The lowest BCUT2D eigenvalue weighted by Crippen LogP contribution is -2.28. The maximum atomic E-state index is 12.1. The van der Waals surface area contributed by atoms with Crippen molar-refractivity contribution in [1.82, 2.24) is 5.32 Å². The van der Waals surface area contributed by atoms with Crippen LogP contribution < -0.4 is 10.6 Å². The fraction of sp³-hybridized carbons (Fsp3) is 0.211. The molecule has 0 bridgehead atoms. The number of benzene rings is 2. The summed E-state index contributed by atoms with van der Waals surface area (Å²) < 4.78 is 0.942. The Hall–Kier alpha value is -2.12. The zero-order valence-electron chi connectivity index (χ0n) is 13.9. The normalized spacial score (nSPS) is 18.0. The van der Waals surface area contributed by atoms with E-state index in [0.29, 0.717) is 17.4 Å². The third-order valence-corrected chi connectivity index (χ3v) is 5.42. The summed E-state index contributed by atoms with van der Waals surface area (Å²) >= 11 is 4.67. The number of amides is 2. The van der Waals surface area contributed by atoms with E-state index in [1.807, 2.05) is 30.3 Å². The largest absolute Gasteiger partial charge is 0.326 e. The van der Waals surface area contributed by atoms with E-state index < -0.39 is 5.25 Å². The fourth-order valence-corrected chi connectivity index (χ4v) is 3.72.